The molecule has 2 heterocycles. The van der Waals surface area contributed by atoms with Crippen LogP contribution in [0.25, 0.3) is 0 Å². The molecule has 0 aromatic heterocycles. The molecule has 0 radical (unpaired) electrons. The van der Waals surface area contributed by atoms with Crippen molar-refractivity contribution in [2.75, 3.05) is 6.54 Å². The number of benzene rings is 3. The Bertz CT molecular complexity index is 888. The zero-order chi connectivity index (χ0) is 18.3. The van der Waals surface area contributed by atoms with Crippen LogP contribution in [0.1, 0.15) is 29.5 Å². The Morgan fingerprint density at radius 1 is 0.852 bits per heavy atom. The molecular weight excluding hydrogens is 329 g/mol. The zero-order valence-corrected chi connectivity index (χ0v) is 15.8. The van der Waals surface area contributed by atoms with Crippen molar-refractivity contribution < 1.29 is 9.47 Å². The monoisotopic (exact) mass is 354 g/mol. The van der Waals surface area contributed by atoms with Crippen molar-refractivity contribution in [1.82, 2.24) is 0 Å². The Morgan fingerprint density at radius 3 is 2.07 bits per heavy atom. The average molecular weight is 354 g/mol. The number of fused-ring (bicyclic) bond motifs is 1. The van der Waals surface area contributed by atoms with E-state index in [0.29, 0.717) is 6.04 Å². The summed E-state index contributed by atoms with van der Waals surface area (Å²) in [7, 11) is 0.0825. The molecule has 1 unspecified atom stereocenters. The Balaban J connectivity index is 1.71. The Kier molecular flexibility index (Phi) is 4.15. The summed E-state index contributed by atoms with van der Waals surface area (Å²) in [5, 5.41) is 0. The largest absolute Gasteiger partial charge is 0.611 e. The Morgan fingerprint density at radius 2 is 1.44 bits per heavy atom. The number of nitrogens with one attached hydrogen (secondary N) is 1. The van der Waals surface area contributed by atoms with E-state index in [1.807, 2.05) is 0 Å². The van der Waals surface area contributed by atoms with Crippen LogP contribution in [0.5, 0.6) is 0 Å². The van der Waals surface area contributed by atoms with E-state index in [2.05, 4.69) is 91.9 Å². The van der Waals surface area contributed by atoms with E-state index in [1.165, 1.54) is 41.5 Å². The number of hydrogen-bond donors (Lipinski definition) is 1. The van der Waals surface area contributed by atoms with Crippen LogP contribution in [0.2, 0.25) is 0 Å². The molecule has 3 aromatic rings. The van der Waals surface area contributed by atoms with Crippen LogP contribution in [-0.2, 0) is 10.3 Å². The first-order chi connectivity index (χ1) is 13.3. The smallest absolute Gasteiger partial charge is 0.368 e. The third-order valence-electron chi connectivity index (χ3n) is 6.41. The second kappa shape index (κ2) is 6.67. The number of hydrogen-bond acceptors (Lipinski definition) is 1. The number of aryl methyl sites for hydroxylation is 1. The summed E-state index contributed by atoms with van der Waals surface area (Å²) < 4.78 is 7.12. The van der Waals surface area contributed by atoms with Gasteiger partial charge in [0.2, 0.25) is 0 Å². The lowest BCUT2D eigenvalue weighted by atomic mass is 9.70. The Hall–Kier alpha value is -2.36. The van der Waals surface area contributed by atoms with Crippen molar-refractivity contribution in [3.05, 3.63) is 102 Å². The molecule has 5 rings (SSSR count). The SMILES string of the molecule is Cc1ccccc1B1OC(c2ccccc2)(c2ccccc2)[C@@H]2CCC[NH+]12. The summed E-state index contributed by atoms with van der Waals surface area (Å²) in [4.78, 5) is 1.58. The molecule has 0 spiro atoms. The van der Waals surface area contributed by atoms with Crippen LogP contribution < -0.4 is 10.3 Å². The molecule has 2 fully saturated rings. The maximum absolute atomic E-state index is 7.12. The van der Waals surface area contributed by atoms with Gasteiger partial charge in [-0.3, -0.25) is 0 Å². The third-order valence-corrected chi connectivity index (χ3v) is 6.41. The van der Waals surface area contributed by atoms with Crippen molar-refractivity contribution in [2.45, 2.75) is 31.4 Å². The van der Waals surface area contributed by atoms with E-state index >= 15 is 0 Å². The van der Waals surface area contributed by atoms with Crippen molar-refractivity contribution in [3.63, 3.8) is 0 Å². The minimum Gasteiger partial charge on any atom is -0.368 e. The van der Waals surface area contributed by atoms with Gasteiger partial charge in [-0.25, -0.2) is 0 Å². The molecule has 2 aliphatic rings. The molecule has 0 bridgehead atoms. The molecule has 3 aromatic carbocycles. The maximum atomic E-state index is 7.12. The van der Waals surface area contributed by atoms with Gasteiger partial charge in [-0.05, 0) is 23.6 Å². The van der Waals surface area contributed by atoms with Gasteiger partial charge in [-0.1, -0.05) is 84.9 Å². The van der Waals surface area contributed by atoms with Gasteiger partial charge in [0.25, 0.3) is 0 Å². The van der Waals surface area contributed by atoms with Crippen LogP contribution in [0.15, 0.2) is 84.9 Å². The first-order valence-electron chi connectivity index (χ1n) is 10.0. The predicted molar refractivity (Wildman–Crippen MR) is 110 cm³/mol. The summed E-state index contributed by atoms with van der Waals surface area (Å²) in [6.07, 6.45) is 2.45. The van der Waals surface area contributed by atoms with Gasteiger partial charge in [0.05, 0.1) is 6.54 Å². The van der Waals surface area contributed by atoms with Crippen molar-refractivity contribution in [3.8, 4) is 0 Å². The quantitative estimate of drug-likeness (QED) is 0.714. The van der Waals surface area contributed by atoms with Crippen molar-refractivity contribution >= 4 is 12.5 Å². The second-order valence-electron chi connectivity index (χ2n) is 7.84. The molecule has 0 saturated carbocycles. The third kappa shape index (κ3) is 2.57. The van der Waals surface area contributed by atoms with Gasteiger partial charge >= 0.3 is 7.05 Å². The van der Waals surface area contributed by atoms with Gasteiger partial charge < -0.3 is 9.47 Å². The standard InChI is InChI=1S/C24H24BNO/c1-19-11-8-9-16-22(19)25-26-18-10-17-23(26)24(27-25,20-12-4-2-5-13-20)21-14-6-3-7-15-21/h2-9,11-16,23H,10,17-18H2,1H3/p+1/t23-/m0/s1. The molecule has 2 saturated heterocycles. The predicted octanol–water partition coefficient (Wildman–Crippen LogP) is 2.71. The van der Waals surface area contributed by atoms with E-state index in [-0.39, 0.29) is 12.7 Å². The topological polar surface area (TPSA) is 13.7 Å². The molecule has 1 N–H and O–H groups in total. The van der Waals surface area contributed by atoms with Crippen molar-refractivity contribution in [1.29, 1.82) is 0 Å². The lowest BCUT2D eigenvalue weighted by molar-refractivity contribution is -0.799. The average Bonchev–Trinajstić information content (AvgIpc) is 3.32. The van der Waals surface area contributed by atoms with Gasteiger partial charge in [-0.15, -0.1) is 0 Å². The van der Waals surface area contributed by atoms with Crippen LogP contribution in [-0.4, -0.2) is 19.6 Å². The van der Waals surface area contributed by atoms with E-state index in [1.54, 1.807) is 4.81 Å². The fourth-order valence-electron chi connectivity index (χ4n) is 5.21. The minimum absolute atomic E-state index is 0.0825. The van der Waals surface area contributed by atoms with E-state index < -0.39 is 0 Å². The zero-order valence-electron chi connectivity index (χ0n) is 15.8. The lowest BCUT2D eigenvalue weighted by Crippen LogP contribution is -3.19. The highest BCUT2D eigenvalue weighted by molar-refractivity contribution is 6.60. The van der Waals surface area contributed by atoms with E-state index in [0.717, 1.165) is 0 Å². The summed E-state index contributed by atoms with van der Waals surface area (Å²) in [5.41, 5.74) is 4.81. The highest BCUT2D eigenvalue weighted by Crippen LogP contribution is 2.41. The normalized spacial score (nSPS) is 23.4. The molecule has 3 heteroatoms. The highest BCUT2D eigenvalue weighted by atomic mass is 16.5. The minimum atomic E-state index is -0.388. The summed E-state index contributed by atoms with van der Waals surface area (Å²) in [5.74, 6) is 0. The van der Waals surface area contributed by atoms with E-state index in [9.17, 15) is 0 Å². The maximum Gasteiger partial charge on any atom is 0.611 e. The molecule has 2 nitrogen and oxygen atoms in total. The molecule has 27 heavy (non-hydrogen) atoms. The fourth-order valence-corrected chi connectivity index (χ4v) is 5.21. The van der Waals surface area contributed by atoms with Gasteiger partial charge in [0.15, 0.2) is 5.60 Å². The molecule has 2 atom stereocenters. The number of rotatable bonds is 3. The summed E-state index contributed by atoms with van der Waals surface area (Å²) >= 11 is 0. The van der Waals surface area contributed by atoms with Crippen LogP contribution in [0.3, 0.4) is 0 Å². The molecule has 0 amide bonds. The van der Waals surface area contributed by atoms with E-state index in [4.69, 9.17) is 4.65 Å². The van der Waals surface area contributed by atoms with Crippen LogP contribution in [0, 0.1) is 6.92 Å². The summed E-state index contributed by atoms with van der Waals surface area (Å²) in [6.45, 7) is 3.37. The van der Waals surface area contributed by atoms with Crippen LogP contribution in [0.4, 0.5) is 0 Å². The molecule has 0 aliphatic carbocycles. The molecule has 2 aliphatic heterocycles. The van der Waals surface area contributed by atoms with Crippen LogP contribution >= 0.6 is 0 Å². The summed E-state index contributed by atoms with van der Waals surface area (Å²) in [6, 6.07) is 30.8. The second-order valence-corrected chi connectivity index (χ2v) is 7.84. The first kappa shape index (κ1) is 16.8. The van der Waals surface area contributed by atoms with Crippen molar-refractivity contribution in [2.24, 2.45) is 0 Å². The van der Waals surface area contributed by atoms with Gasteiger partial charge in [0, 0.05) is 18.3 Å². The molecule has 134 valence electrons. The van der Waals surface area contributed by atoms with Gasteiger partial charge in [-0.2, -0.15) is 0 Å². The fraction of sp³-hybridized carbons (Fsp3) is 0.250. The molecular formula is C24H25BNO+. The Labute approximate surface area is 161 Å². The highest BCUT2D eigenvalue weighted by Gasteiger charge is 2.64. The first-order valence-corrected chi connectivity index (χ1v) is 10.0. The van der Waals surface area contributed by atoms with Gasteiger partial charge in [0.1, 0.15) is 6.04 Å². The number of quaternary nitrogens is 1. The lowest BCUT2D eigenvalue weighted by Gasteiger charge is -2.33.